The lowest BCUT2D eigenvalue weighted by atomic mass is 10.1. The first kappa shape index (κ1) is 14.8. The first-order chi connectivity index (χ1) is 10.5. The Morgan fingerprint density at radius 3 is 3.09 bits per heavy atom. The van der Waals surface area contributed by atoms with Gasteiger partial charge in [-0.15, -0.1) is 0 Å². The van der Waals surface area contributed by atoms with E-state index < -0.39 is 0 Å². The Balaban J connectivity index is 1.77. The molecule has 0 saturated carbocycles. The van der Waals surface area contributed by atoms with E-state index in [1.54, 1.807) is 16.7 Å². The van der Waals surface area contributed by atoms with Gasteiger partial charge in [0, 0.05) is 24.3 Å². The molecule has 3 rings (SSSR count). The van der Waals surface area contributed by atoms with Gasteiger partial charge in [0.2, 0.25) is 5.91 Å². The van der Waals surface area contributed by atoms with Crippen molar-refractivity contribution in [3.63, 3.8) is 0 Å². The maximum absolute atomic E-state index is 12.3. The number of aromatic nitrogens is 3. The van der Waals surface area contributed by atoms with Crippen LogP contribution in [0.15, 0.2) is 32.9 Å². The van der Waals surface area contributed by atoms with Crippen LogP contribution in [0.2, 0.25) is 0 Å². The second-order valence-corrected chi connectivity index (χ2v) is 6.42. The van der Waals surface area contributed by atoms with Gasteiger partial charge >= 0.3 is 0 Å². The maximum Gasteiger partial charge on any atom is 0.254 e. The minimum Gasteiger partial charge on any atom is -0.363 e. The molecule has 7 nitrogen and oxygen atoms in total. The molecule has 0 unspecified atom stereocenters. The summed E-state index contributed by atoms with van der Waals surface area (Å²) in [5.74, 6) is 1.04. The van der Waals surface area contributed by atoms with E-state index in [1.807, 2.05) is 13.8 Å². The second kappa shape index (κ2) is 5.96. The maximum atomic E-state index is 12.3. The van der Waals surface area contributed by atoms with Crippen LogP contribution < -0.4 is 10.9 Å². The summed E-state index contributed by atoms with van der Waals surface area (Å²) in [4.78, 5) is 28.8. The summed E-state index contributed by atoms with van der Waals surface area (Å²) in [6.45, 7) is 4.00. The van der Waals surface area contributed by atoms with Crippen molar-refractivity contribution >= 4 is 23.5 Å². The van der Waals surface area contributed by atoms with Crippen LogP contribution in [0.25, 0.3) is 0 Å². The third-order valence-electron chi connectivity index (χ3n) is 3.43. The van der Waals surface area contributed by atoms with Crippen molar-refractivity contribution in [1.29, 1.82) is 0 Å². The Morgan fingerprint density at radius 2 is 2.41 bits per heavy atom. The molecule has 0 fully saturated rings. The molecule has 1 atom stereocenters. The van der Waals surface area contributed by atoms with Gasteiger partial charge in [-0.2, -0.15) is 0 Å². The van der Waals surface area contributed by atoms with Crippen molar-refractivity contribution in [2.75, 3.05) is 11.1 Å². The number of hydrogen-bond acceptors (Lipinski definition) is 6. The van der Waals surface area contributed by atoms with E-state index in [-0.39, 0.29) is 29.8 Å². The van der Waals surface area contributed by atoms with Gasteiger partial charge in [-0.1, -0.05) is 30.8 Å². The van der Waals surface area contributed by atoms with Crippen LogP contribution in [0.3, 0.4) is 0 Å². The van der Waals surface area contributed by atoms with E-state index in [0.717, 1.165) is 5.69 Å². The third-order valence-corrected chi connectivity index (χ3v) is 4.53. The summed E-state index contributed by atoms with van der Waals surface area (Å²) < 4.78 is 6.27. The fourth-order valence-corrected chi connectivity index (χ4v) is 3.46. The molecule has 1 aliphatic heterocycles. The van der Waals surface area contributed by atoms with Gasteiger partial charge < -0.3 is 9.84 Å². The van der Waals surface area contributed by atoms with Crippen LogP contribution in [0.4, 0.5) is 5.82 Å². The molecule has 0 radical (unpaired) electrons. The number of nitrogens with zero attached hydrogens (tertiary/aromatic N) is 3. The lowest BCUT2D eigenvalue weighted by molar-refractivity contribution is -0.116. The normalized spacial score (nSPS) is 16.8. The Bertz CT molecular complexity index is 739. The predicted octanol–water partition coefficient (Wildman–Crippen LogP) is 2.03. The number of anilines is 1. The Hall–Kier alpha value is -2.09. The average molecular weight is 320 g/mol. The fourth-order valence-electron chi connectivity index (χ4n) is 2.30. The molecule has 8 heteroatoms. The summed E-state index contributed by atoms with van der Waals surface area (Å²) in [7, 11) is 0. The van der Waals surface area contributed by atoms with Crippen molar-refractivity contribution in [3.05, 3.63) is 34.4 Å². The number of hydrogen-bond donors (Lipinski definition) is 1. The quantitative estimate of drug-likeness (QED) is 0.867. The van der Waals surface area contributed by atoms with Crippen LogP contribution in [0.5, 0.6) is 0 Å². The van der Waals surface area contributed by atoms with E-state index >= 15 is 0 Å². The molecule has 0 aliphatic carbocycles. The SMILES string of the molecule is CC(C)c1cc(=O)n2c(n1)SC[C@@H]2CC(=O)Nc1ccon1. The van der Waals surface area contributed by atoms with E-state index in [2.05, 4.69) is 20.0 Å². The highest BCUT2D eigenvalue weighted by Gasteiger charge is 2.28. The molecule has 2 aromatic heterocycles. The molecule has 1 amide bonds. The van der Waals surface area contributed by atoms with Gasteiger partial charge in [0.1, 0.15) is 6.26 Å². The first-order valence-electron chi connectivity index (χ1n) is 7.01. The Morgan fingerprint density at radius 1 is 1.59 bits per heavy atom. The lowest BCUT2D eigenvalue weighted by Gasteiger charge is -2.13. The average Bonchev–Trinajstić information content (AvgIpc) is 3.09. The highest BCUT2D eigenvalue weighted by molar-refractivity contribution is 7.99. The molecule has 1 N–H and O–H groups in total. The monoisotopic (exact) mass is 320 g/mol. The third kappa shape index (κ3) is 2.92. The summed E-state index contributed by atoms with van der Waals surface area (Å²) in [5.41, 5.74) is 0.689. The van der Waals surface area contributed by atoms with E-state index in [0.29, 0.717) is 16.7 Å². The van der Waals surface area contributed by atoms with Crippen molar-refractivity contribution in [1.82, 2.24) is 14.7 Å². The van der Waals surface area contributed by atoms with Gasteiger partial charge in [0.15, 0.2) is 11.0 Å². The first-order valence-corrected chi connectivity index (χ1v) is 7.99. The molecular formula is C14H16N4O3S. The summed E-state index contributed by atoms with van der Waals surface area (Å²) >= 11 is 1.51. The molecule has 0 saturated heterocycles. The highest BCUT2D eigenvalue weighted by Crippen LogP contribution is 2.32. The van der Waals surface area contributed by atoms with Gasteiger partial charge in [0.25, 0.3) is 5.56 Å². The predicted molar refractivity (Wildman–Crippen MR) is 82.1 cm³/mol. The number of amides is 1. The molecule has 116 valence electrons. The highest BCUT2D eigenvalue weighted by atomic mass is 32.2. The van der Waals surface area contributed by atoms with Crippen molar-refractivity contribution in [2.45, 2.75) is 37.4 Å². The molecule has 2 aromatic rings. The standard InChI is InChI=1S/C14H16N4O3S/c1-8(2)10-6-13(20)18-9(7-22-14(18)15-10)5-12(19)16-11-3-4-21-17-11/h3-4,6,8-9H,5,7H2,1-2H3,(H,16,17,19)/t9-/m0/s1. The zero-order valence-electron chi connectivity index (χ0n) is 12.3. The number of nitrogens with one attached hydrogen (secondary N) is 1. The van der Waals surface area contributed by atoms with Crippen LogP contribution in [0.1, 0.15) is 37.9 Å². The molecule has 0 spiro atoms. The van der Waals surface area contributed by atoms with Crippen LogP contribution >= 0.6 is 11.8 Å². The molecular weight excluding hydrogens is 304 g/mol. The molecule has 0 bridgehead atoms. The number of fused-ring (bicyclic) bond motifs is 1. The minimum absolute atomic E-state index is 0.0991. The van der Waals surface area contributed by atoms with Crippen molar-refractivity contribution < 1.29 is 9.32 Å². The van der Waals surface area contributed by atoms with Gasteiger partial charge in [-0.05, 0) is 5.92 Å². The van der Waals surface area contributed by atoms with Gasteiger partial charge in [0.05, 0.1) is 11.7 Å². The zero-order chi connectivity index (χ0) is 15.7. The fraction of sp³-hybridized carbons (Fsp3) is 0.429. The van der Waals surface area contributed by atoms with Gasteiger partial charge in [-0.25, -0.2) is 4.98 Å². The van der Waals surface area contributed by atoms with Crippen LogP contribution in [0, 0.1) is 0 Å². The minimum atomic E-state index is -0.202. The number of rotatable bonds is 4. The lowest BCUT2D eigenvalue weighted by Crippen LogP contribution is -2.28. The van der Waals surface area contributed by atoms with E-state index in [9.17, 15) is 9.59 Å². The van der Waals surface area contributed by atoms with Crippen molar-refractivity contribution in [2.24, 2.45) is 0 Å². The van der Waals surface area contributed by atoms with Gasteiger partial charge in [-0.3, -0.25) is 14.2 Å². The number of thioether (sulfide) groups is 1. The topological polar surface area (TPSA) is 90.0 Å². The summed E-state index contributed by atoms with van der Waals surface area (Å²) in [6, 6.07) is 2.94. The number of carbonyl (C=O) groups excluding carboxylic acids is 1. The molecule has 1 aliphatic rings. The van der Waals surface area contributed by atoms with Crippen LogP contribution in [-0.4, -0.2) is 26.4 Å². The van der Waals surface area contributed by atoms with E-state index in [1.165, 1.54) is 18.0 Å². The molecule has 0 aromatic carbocycles. The molecule has 3 heterocycles. The number of carbonyl (C=O) groups is 1. The zero-order valence-corrected chi connectivity index (χ0v) is 13.1. The largest absolute Gasteiger partial charge is 0.363 e. The molecule has 22 heavy (non-hydrogen) atoms. The van der Waals surface area contributed by atoms with E-state index in [4.69, 9.17) is 0 Å². The second-order valence-electron chi connectivity index (χ2n) is 5.43. The summed E-state index contributed by atoms with van der Waals surface area (Å²) in [5, 5.41) is 6.96. The Kier molecular flexibility index (Phi) is 4.02. The van der Waals surface area contributed by atoms with Crippen LogP contribution in [-0.2, 0) is 4.79 Å². The Labute approximate surface area is 131 Å². The smallest absolute Gasteiger partial charge is 0.254 e. The van der Waals surface area contributed by atoms with Crippen molar-refractivity contribution in [3.8, 4) is 0 Å². The summed E-state index contributed by atoms with van der Waals surface area (Å²) in [6.07, 6.45) is 1.59.